The first-order valence-corrected chi connectivity index (χ1v) is 9.29. The van der Waals surface area contributed by atoms with Crippen molar-refractivity contribution in [1.82, 2.24) is 9.29 Å². The molecule has 0 radical (unpaired) electrons. The van der Waals surface area contributed by atoms with E-state index in [-0.39, 0.29) is 10.6 Å². The Labute approximate surface area is 151 Å². The zero-order valence-corrected chi connectivity index (χ0v) is 14.8. The topological polar surface area (TPSA) is 94.2 Å². The number of nitro groups is 1. The van der Waals surface area contributed by atoms with Crippen LogP contribution in [0.2, 0.25) is 0 Å². The van der Waals surface area contributed by atoms with Crippen LogP contribution in [0.3, 0.4) is 0 Å². The molecule has 0 amide bonds. The van der Waals surface area contributed by atoms with Gasteiger partial charge in [0.1, 0.15) is 0 Å². The van der Waals surface area contributed by atoms with Crippen molar-refractivity contribution in [1.29, 1.82) is 0 Å². The van der Waals surface area contributed by atoms with Gasteiger partial charge in [-0.05, 0) is 30.3 Å². The SMILES string of the molecule is CNCc1cc(-c2ccccc2)n(S(=O)(=O)c2cccc([N+](=O)[O-])c2)c1. The van der Waals surface area contributed by atoms with Gasteiger partial charge in [-0.25, -0.2) is 12.4 Å². The predicted molar refractivity (Wildman–Crippen MR) is 98.3 cm³/mol. The maximum atomic E-state index is 13.1. The molecular weight excluding hydrogens is 354 g/mol. The number of benzene rings is 2. The second-order valence-corrected chi connectivity index (χ2v) is 7.50. The fraction of sp³-hybridized carbons (Fsp3) is 0.111. The number of non-ortho nitro benzene ring substituents is 1. The maximum absolute atomic E-state index is 13.1. The molecule has 0 bridgehead atoms. The first-order valence-electron chi connectivity index (χ1n) is 7.85. The maximum Gasteiger partial charge on any atom is 0.270 e. The Morgan fingerprint density at radius 3 is 2.46 bits per heavy atom. The molecule has 0 saturated carbocycles. The Bertz CT molecular complexity index is 1040. The van der Waals surface area contributed by atoms with E-state index in [0.29, 0.717) is 12.2 Å². The van der Waals surface area contributed by atoms with Crippen LogP contribution in [0.1, 0.15) is 5.56 Å². The van der Waals surface area contributed by atoms with E-state index < -0.39 is 14.9 Å². The van der Waals surface area contributed by atoms with Gasteiger partial charge in [0.15, 0.2) is 0 Å². The van der Waals surface area contributed by atoms with E-state index in [4.69, 9.17) is 0 Å². The molecule has 1 aromatic heterocycles. The smallest absolute Gasteiger partial charge is 0.270 e. The van der Waals surface area contributed by atoms with Crippen molar-refractivity contribution in [3.63, 3.8) is 0 Å². The molecular formula is C18H17N3O4S. The van der Waals surface area contributed by atoms with Crippen molar-refractivity contribution >= 4 is 15.7 Å². The highest BCUT2D eigenvalue weighted by Gasteiger charge is 2.23. The minimum Gasteiger partial charge on any atom is -0.316 e. The largest absolute Gasteiger partial charge is 0.316 e. The second kappa shape index (κ2) is 7.11. The number of nitrogens with zero attached hydrogens (tertiary/aromatic N) is 2. The third-order valence-corrected chi connectivity index (χ3v) is 5.55. The highest BCUT2D eigenvalue weighted by atomic mass is 32.2. The summed E-state index contributed by atoms with van der Waals surface area (Å²) in [5, 5.41) is 14.0. The molecule has 0 aliphatic rings. The Hall–Kier alpha value is -2.97. The van der Waals surface area contributed by atoms with Gasteiger partial charge in [-0.1, -0.05) is 36.4 Å². The Balaban J connectivity index is 2.18. The molecule has 3 rings (SSSR count). The minimum atomic E-state index is -3.99. The zero-order chi connectivity index (χ0) is 18.7. The monoisotopic (exact) mass is 371 g/mol. The normalized spacial score (nSPS) is 11.4. The van der Waals surface area contributed by atoms with Gasteiger partial charge in [-0.15, -0.1) is 0 Å². The van der Waals surface area contributed by atoms with Crippen LogP contribution in [0.25, 0.3) is 11.3 Å². The molecule has 7 nitrogen and oxygen atoms in total. The van der Waals surface area contributed by atoms with Crippen LogP contribution in [-0.4, -0.2) is 24.4 Å². The highest BCUT2D eigenvalue weighted by molar-refractivity contribution is 7.90. The average Bonchev–Trinajstić information content (AvgIpc) is 3.08. The molecule has 26 heavy (non-hydrogen) atoms. The molecule has 0 fully saturated rings. The molecule has 0 aliphatic carbocycles. The molecule has 1 heterocycles. The van der Waals surface area contributed by atoms with E-state index in [2.05, 4.69) is 5.32 Å². The van der Waals surface area contributed by atoms with Crippen LogP contribution in [0.4, 0.5) is 5.69 Å². The van der Waals surface area contributed by atoms with Gasteiger partial charge in [0, 0.05) is 24.9 Å². The van der Waals surface area contributed by atoms with Crippen molar-refractivity contribution in [3.05, 3.63) is 82.5 Å². The lowest BCUT2D eigenvalue weighted by molar-refractivity contribution is -0.385. The predicted octanol–water partition coefficient (Wildman–Crippen LogP) is 3.02. The van der Waals surface area contributed by atoms with Gasteiger partial charge in [0.25, 0.3) is 15.7 Å². The molecule has 0 spiro atoms. The molecule has 8 heteroatoms. The summed E-state index contributed by atoms with van der Waals surface area (Å²) in [6.07, 6.45) is 1.53. The summed E-state index contributed by atoms with van der Waals surface area (Å²) in [5.74, 6) is 0. The van der Waals surface area contributed by atoms with E-state index in [0.717, 1.165) is 17.2 Å². The standard InChI is InChI=1S/C18H17N3O4S/c1-19-12-14-10-18(15-6-3-2-4-7-15)20(13-14)26(24,25)17-9-5-8-16(11-17)21(22)23/h2-11,13,19H,12H2,1H3. The summed E-state index contributed by atoms with van der Waals surface area (Å²) in [5.41, 5.74) is 1.77. The summed E-state index contributed by atoms with van der Waals surface area (Å²) in [6.45, 7) is 0.497. The zero-order valence-electron chi connectivity index (χ0n) is 14.0. The van der Waals surface area contributed by atoms with Crippen LogP contribution in [0.15, 0.2) is 71.8 Å². The van der Waals surface area contributed by atoms with E-state index in [1.807, 2.05) is 30.3 Å². The molecule has 1 N–H and O–H groups in total. The van der Waals surface area contributed by atoms with Crippen LogP contribution in [-0.2, 0) is 16.6 Å². The van der Waals surface area contributed by atoms with Crippen LogP contribution in [0, 0.1) is 10.1 Å². The van der Waals surface area contributed by atoms with Crippen LogP contribution in [0.5, 0.6) is 0 Å². The Morgan fingerprint density at radius 2 is 1.81 bits per heavy atom. The van der Waals surface area contributed by atoms with Crippen molar-refractivity contribution in [3.8, 4) is 11.3 Å². The lowest BCUT2D eigenvalue weighted by atomic mass is 10.1. The lowest BCUT2D eigenvalue weighted by Crippen LogP contribution is -2.13. The number of nitrogens with one attached hydrogen (secondary N) is 1. The van der Waals surface area contributed by atoms with Crippen molar-refractivity contribution in [2.45, 2.75) is 11.4 Å². The number of rotatable bonds is 6. The fourth-order valence-electron chi connectivity index (χ4n) is 2.69. The Kier molecular flexibility index (Phi) is 4.88. The van der Waals surface area contributed by atoms with Gasteiger partial charge in [-0.2, -0.15) is 0 Å². The second-order valence-electron chi connectivity index (χ2n) is 5.69. The van der Waals surface area contributed by atoms with Crippen LogP contribution >= 0.6 is 0 Å². The summed E-state index contributed by atoms with van der Waals surface area (Å²) in [7, 11) is -2.21. The summed E-state index contributed by atoms with van der Waals surface area (Å²) < 4.78 is 27.5. The van der Waals surface area contributed by atoms with E-state index in [9.17, 15) is 18.5 Å². The van der Waals surface area contributed by atoms with Crippen molar-refractivity contribution < 1.29 is 13.3 Å². The van der Waals surface area contributed by atoms with Gasteiger partial charge < -0.3 is 5.32 Å². The lowest BCUT2D eigenvalue weighted by Gasteiger charge is -2.10. The van der Waals surface area contributed by atoms with E-state index >= 15 is 0 Å². The number of hydrogen-bond donors (Lipinski definition) is 1. The first kappa shape index (κ1) is 17.8. The molecule has 3 aromatic rings. The van der Waals surface area contributed by atoms with Gasteiger partial charge in [-0.3, -0.25) is 10.1 Å². The molecule has 134 valence electrons. The molecule has 0 saturated heterocycles. The van der Waals surface area contributed by atoms with E-state index in [1.165, 1.54) is 28.4 Å². The summed E-state index contributed by atoms with van der Waals surface area (Å²) in [6, 6.07) is 16.0. The molecule has 2 aromatic carbocycles. The van der Waals surface area contributed by atoms with Gasteiger partial charge in [0.05, 0.1) is 15.5 Å². The quantitative estimate of drug-likeness (QED) is 0.531. The molecule has 0 unspecified atom stereocenters. The fourth-order valence-corrected chi connectivity index (χ4v) is 4.13. The highest BCUT2D eigenvalue weighted by Crippen LogP contribution is 2.28. The third-order valence-electron chi connectivity index (χ3n) is 3.88. The van der Waals surface area contributed by atoms with Crippen molar-refractivity contribution in [2.24, 2.45) is 0 Å². The number of nitro benzene ring substituents is 1. The average molecular weight is 371 g/mol. The summed E-state index contributed by atoms with van der Waals surface area (Å²) >= 11 is 0. The number of hydrogen-bond acceptors (Lipinski definition) is 5. The van der Waals surface area contributed by atoms with Gasteiger partial charge >= 0.3 is 0 Å². The minimum absolute atomic E-state index is 0.129. The molecule has 0 aliphatic heterocycles. The summed E-state index contributed by atoms with van der Waals surface area (Å²) in [4.78, 5) is 10.2. The first-order chi connectivity index (χ1) is 12.4. The van der Waals surface area contributed by atoms with Crippen LogP contribution < -0.4 is 5.32 Å². The number of aromatic nitrogens is 1. The van der Waals surface area contributed by atoms with Gasteiger partial charge in [0.2, 0.25) is 0 Å². The molecule has 0 atom stereocenters. The van der Waals surface area contributed by atoms with E-state index in [1.54, 1.807) is 13.1 Å². The third kappa shape index (κ3) is 3.37. The Morgan fingerprint density at radius 1 is 1.08 bits per heavy atom. The van der Waals surface area contributed by atoms with Crippen molar-refractivity contribution in [2.75, 3.05) is 7.05 Å².